The monoisotopic (exact) mass is 395 g/mol. The zero-order chi connectivity index (χ0) is 12.5. The molecule has 1 fully saturated rings. The Hall–Kier alpha value is -0.990. The van der Waals surface area contributed by atoms with Crippen LogP contribution in [0.1, 0.15) is 6.42 Å². The Balaban J connectivity index is 0.00000162. The molecule has 0 spiro atoms. The van der Waals surface area contributed by atoms with Crippen molar-refractivity contribution in [2.75, 3.05) is 0 Å². The quantitative estimate of drug-likeness (QED) is 0.457. The largest absolute Gasteiger partial charge is 1.00 e. The van der Waals surface area contributed by atoms with E-state index in [2.05, 4.69) is 5.32 Å². The maximum Gasteiger partial charge on any atom is 0.326 e. The molecule has 4 N–H and O–H groups in total. The molecule has 2 unspecified atom stereocenters. The second-order valence-corrected chi connectivity index (χ2v) is 4.27. The number of hydrogen-bond donors (Lipinski definition) is 3. The molecule has 2 atom stereocenters. The van der Waals surface area contributed by atoms with Crippen LogP contribution in [0.3, 0.4) is 0 Å². The topological polar surface area (TPSA) is 96.3 Å². The van der Waals surface area contributed by atoms with Gasteiger partial charge in [-0.1, -0.05) is 6.07 Å². The third kappa shape index (κ3) is 3.99. The second kappa shape index (κ2) is 6.97. The molecule has 1 aromatic heterocycles. The molecule has 1 saturated heterocycles. The highest BCUT2D eigenvalue weighted by molar-refractivity contribution is 8.93. The predicted octanol–water partition coefficient (Wildman–Crippen LogP) is -3.77. The fraction of sp³-hybridized carbons (Fsp3) is 0.364. The van der Waals surface area contributed by atoms with Crippen molar-refractivity contribution in [3.63, 3.8) is 0 Å². The molecular weight excluding hydrogens is 382 g/mol. The van der Waals surface area contributed by atoms with Crippen LogP contribution in [-0.2, 0) is 16.1 Å². The number of carboxylic acid groups (broad SMARTS) is 1. The Morgan fingerprint density at radius 1 is 1.47 bits per heavy atom. The third-order valence-corrected chi connectivity index (χ3v) is 2.87. The van der Waals surface area contributed by atoms with Gasteiger partial charge in [-0.3, -0.25) is 4.79 Å². The van der Waals surface area contributed by atoms with Crippen molar-refractivity contribution in [3.05, 3.63) is 30.6 Å². The van der Waals surface area contributed by atoms with Gasteiger partial charge in [0.25, 0.3) is 0 Å². The van der Waals surface area contributed by atoms with E-state index in [1.165, 1.54) is 0 Å². The number of nitrogens with two attached hydrogens (primary N) is 1. The normalized spacial score (nSPS) is 24.9. The van der Waals surface area contributed by atoms with Crippen molar-refractivity contribution < 1.29 is 36.2 Å². The Morgan fingerprint density at radius 2 is 2.05 bits per heavy atom. The second-order valence-electron chi connectivity index (χ2n) is 4.27. The summed E-state index contributed by atoms with van der Waals surface area (Å²) in [5.41, 5.74) is 4.81. The standard InChI is InChI=1S/C11H13N3O3.2BrH/c12-11(7-14-4-2-1-3-5-14)6-8(9(15)16)13-10(11)17;;/h1-5,8H,6-7,12H2,(H-,13,15,16,17);2*1H. The highest BCUT2D eigenvalue weighted by atomic mass is 79.9. The van der Waals surface area contributed by atoms with Gasteiger partial charge < -0.3 is 33.1 Å². The lowest BCUT2D eigenvalue weighted by Gasteiger charge is -2.16. The Bertz CT molecular complexity index is 458. The van der Waals surface area contributed by atoms with Gasteiger partial charge in [-0.05, 0) is 0 Å². The van der Waals surface area contributed by atoms with Crippen LogP contribution in [0.4, 0.5) is 0 Å². The van der Waals surface area contributed by atoms with Crippen LogP contribution in [-0.4, -0.2) is 28.6 Å². The molecule has 1 aromatic rings. The molecule has 0 aliphatic carbocycles. The molecule has 106 valence electrons. The first-order valence-corrected chi connectivity index (χ1v) is 5.28. The molecular formula is C11H15Br2N3O3. The molecule has 8 heteroatoms. The highest BCUT2D eigenvalue weighted by Crippen LogP contribution is 2.18. The molecule has 0 radical (unpaired) electrons. The molecule has 0 saturated carbocycles. The van der Waals surface area contributed by atoms with Crippen LogP contribution in [0.15, 0.2) is 30.6 Å². The summed E-state index contributed by atoms with van der Waals surface area (Å²) in [6, 6.07) is 4.61. The van der Waals surface area contributed by atoms with E-state index in [0.29, 0.717) is 0 Å². The number of pyridine rings is 1. The minimum absolute atomic E-state index is 0. The van der Waals surface area contributed by atoms with Crippen molar-refractivity contribution in [1.29, 1.82) is 0 Å². The number of carbonyl (C=O) groups excluding carboxylic acids is 1. The lowest BCUT2D eigenvalue weighted by atomic mass is 9.96. The fourth-order valence-corrected chi connectivity index (χ4v) is 1.96. The van der Waals surface area contributed by atoms with Gasteiger partial charge in [0.05, 0.1) is 0 Å². The maximum atomic E-state index is 11.7. The van der Waals surface area contributed by atoms with E-state index in [1.807, 2.05) is 18.2 Å². The van der Waals surface area contributed by atoms with E-state index in [-0.39, 0.29) is 46.9 Å². The number of nitrogens with zero attached hydrogens (tertiary/aromatic N) is 1. The van der Waals surface area contributed by atoms with Crippen LogP contribution in [0.5, 0.6) is 0 Å². The number of carboxylic acids is 1. The Morgan fingerprint density at radius 3 is 2.53 bits per heavy atom. The van der Waals surface area contributed by atoms with Gasteiger partial charge in [0.2, 0.25) is 5.91 Å². The summed E-state index contributed by atoms with van der Waals surface area (Å²) >= 11 is 0. The van der Waals surface area contributed by atoms with Crippen molar-refractivity contribution in [3.8, 4) is 0 Å². The van der Waals surface area contributed by atoms with Gasteiger partial charge in [0, 0.05) is 18.6 Å². The van der Waals surface area contributed by atoms with E-state index in [4.69, 9.17) is 10.8 Å². The van der Waals surface area contributed by atoms with Crippen molar-refractivity contribution in [1.82, 2.24) is 5.32 Å². The summed E-state index contributed by atoms with van der Waals surface area (Å²) in [5.74, 6) is -1.47. The number of amides is 1. The minimum atomic E-state index is -1.16. The van der Waals surface area contributed by atoms with Crippen LogP contribution in [0.25, 0.3) is 0 Å². The summed E-state index contributed by atoms with van der Waals surface area (Å²) in [6.45, 7) is 0.267. The van der Waals surface area contributed by atoms with Crippen LogP contribution in [0, 0.1) is 0 Å². The number of aromatic nitrogens is 1. The summed E-state index contributed by atoms with van der Waals surface area (Å²) in [7, 11) is 0. The predicted molar refractivity (Wildman–Crippen MR) is 68.1 cm³/mol. The molecule has 0 aromatic carbocycles. The van der Waals surface area contributed by atoms with E-state index in [1.54, 1.807) is 17.0 Å². The number of hydrogen-bond acceptors (Lipinski definition) is 3. The number of carbonyl (C=O) groups is 2. The van der Waals surface area contributed by atoms with Gasteiger partial charge in [-0.15, -0.1) is 17.0 Å². The summed E-state index contributed by atoms with van der Waals surface area (Å²) in [4.78, 5) is 22.5. The number of halogens is 2. The first-order valence-electron chi connectivity index (χ1n) is 5.28. The van der Waals surface area contributed by atoms with Gasteiger partial charge >= 0.3 is 5.97 Å². The summed E-state index contributed by atoms with van der Waals surface area (Å²) in [5, 5.41) is 11.2. The zero-order valence-electron chi connectivity index (χ0n) is 9.95. The van der Waals surface area contributed by atoms with Crippen molar-refractivity contribution >= 4 is 28.9 Å². The highest BCUT2D eigenvalue weighted by Gasteiger charge is 2.49. The SMILES string of the molecule is Br.NC1(C[n+]2ccccc2)CC(C(=O)O)NC1=O.[Br-]. The van der Waals surface area contributed by atoms with Gasteiger partial charge in [-0.2, -0.15) is 0 Å². The first kappa shape index (κ1) is 18.0. The maximum absolute atomic E-state index is 11.7. The summed E-state index contributed by atoms with van der Waals surface area (Å²) < 4.78 is 1.77. The summed E-state index contributed by atoms with van der Waals surface area (Å²) in [6.07, 6.45) is 3.68. The van der Waals surface area contributed by atoms with Gasteiger partial charge in [0.1, 0.15) is 6.04 Å². The Kier molecular flexibility index (Phi) is 6.61. The van der Waals surface area contributed by atoms with Crippen molar-refractivity contribution in [2.24, 2.45) is 5.73 Å². The fourth-order valence-electron chi connectivity index (χ4n) is 1.96. The zero-order valence-corrected chi connectivity index (χ0v) is 13.3. The molecule has 2 rings (SSSR count). The number of aliphatic carboxylic acids is 1. The Labute approximate surface area is 131 Å². The molecule has 2 heterocycles. The third-order valence-electron chi connectivity index (χ3n) is 2.87. The molecule has 19 heavy (non-hydrogen) atoms. The molecule has 1 amide bonds. The average Bonchev–Trinajstić information content (AvgIpc) is 2.57. The van der Waals surface area contributed by atoms with Crippen LogP contribution < -0.4 is 32.6 Å². The van der Waals surface area contributed by atoms with Crippen LogP contribution in [0.2, 0.25) is 0 Å². The van der Waals surface area contributed by atoms with Crippen molar-refractivity contribution in [2.45, 2.75) is 24.5 Å². The minimum Gasteiger partial charge on any atom is -1.00 e. The smallest absolute Gasteiger partial charge is 0.326 e. The lowest BCUT2D eigenvalue weighted by molar-refractivity contribution is -0.701. The van der Waals surface area contributed by atoms with E-state index < -0.39 is 23.5 Å². The molecule has 1 aliphatic rings. The van der Waals surface area contributed by atoms with Gasteiger partial charge in [0.15, 0.2) is 24.5 Å². The van der Waals surface area contributed by atoms with E-state index in [0.717, 1.165) is 0 Å². The van der Waals surface area contributed by atoms with Crippen LogP contribution >= 0.6 is 17.0 Å². The average molecular weight is 397 g/mol. The van der Waals surface area contributed by atoms with E-state index >= 15 is 0 Å². The molecule has 6 nitrogen and oxygen atoms in total. The van der Waals surface area contributed by atoms with Gasteiger partial charge in [-0.25, -0.2) is 9.36 Å². The molecule has 0 bridgehead atoms. The van der Waals surface area contributed by atoms with E-state index in [9.17, 15) is 9.59 Å². The number of nitrogens with one attached hydrogen (secondary N) is 1. The number of rotatable bonds is 3. The molecule has 1 aliphatic heterocycles. The lowest BCUT2D eigenvalue weighted by Crippen LogP contribution is -3.00. The first-order chi connectivity index (χ1) is 8.01.